The van der Waals surface area contributed by atoms with Gasteiger partial charge in [-0.15, -0.1) is 0 Å². The van der Waals surface area contributed by atoms with E-state index in [9.17, 15) is 18.3 Å². The average molecular weight is 211 g/mol. The Morgan fingerprint density at radius 1 is 1.36 bits per heavy atom. The zero-order valence-corrected chi connectivity index (χ0v) is 8.22. The Bertz CT molecular complexity index is 183. The van der Waals surface area contributed by atoms with Crippen molar-refractivity contribution in [1.82, 2.24) is 4.90 Å². The van der Waals surface area contributed by atoms with E-state index in [-0.39, 0.29) is 12.6 Å². The molecule has 2 atom stereocenters. The summed E-state index contributed by atoms with van der Waals surface area (Å²) in [4.78, 5) is 1.62. The first kappa shape index (κ1) is 11.8. The van der Waals surface area contributed by atoms with Gasteiger partial charge in [0.15, 0.2) is 0 Å². The first-order chi connectivity index (χ1) is 6.40. The highest BCUT2D eigenvalue weighted by Crippen LogP contribution is 2.25. The number of hydrogen-bond acceptors (Lipinski definition) is 2. The maximum Gasteiger partial charge on any atom is 0.390 e. The van der Waals surface area contributed by atoms with Crippen molar-refractivity contribution in [3.05, 3.63) is 0 Å². The predicted molar refractivity (Wildman–Crippen MR) is 46.9 cm³/mol. The maximum absolute atomic E-state index is 11.9. The molecule has 84 valence electrons. The lowest BCUT2D eigenvalue weighted by atomic mass is 10.2. The van der Waals surface area contributed by atoms with Crippen molar-refractivity contribution >= 4 is 0 Å². The van der Waals surface area contributed by atoms with Crippen LogP contribution in [0.3, 0.4) is 0 Å². The van der Waals surface area contributed by atoms with Gasteiger partial charge in [0.25, 0.3) is 0 Å². The van der Waals surface area contributed by atoms with Crippen LogP contribution in [-0.4, -0.2) is 41.9 Å². The first-order valence-corrected chi connectivity index (χ1v) is 4.85. The van der Waals surface area contributed by atoms with Crippen LogP contribution in [-0.2, 0) is 0 Å². The maximum atomic E-state index is 11.9. The minimum atomic E-state index is -4.10. The summed E-state index contributed by atoms with van der Waals surface area (Å²) >= 11 is 0. The molecule has 5 heteroatoms. The molecule has 0 saturated heterocycles. The number of likely N-dealkylation sites (N-methyl/N-ethyl adjacent to an activating group) is 1. The molecule has 0 aromatic carbocycles. The molecule has 0 aliphatic heterocycles. The molecule has 1 fully saturated rings. The Morgan fingerprint density at radius 2 is 2.00 bits per heavy atom. The lowest BCUT2D eigenvalue weighted by Crippen LogP contribution is -2.39. The van der Waals surface area contributed by atoms with E-state index in [2.05, 4.69) is 0 Å². The second kappa shape index (κ2) is 4.49. The molecule has 0 radical (unpaired) electrons. The fraction of sp³-hybridized carbons (Fsp3) is 1.00. The second-order valence-electron chi connectivity index (χ2n) is 3.91. The van der Waals surface area contributed by atoms with E-state index >= 15 is 0 Å². The summed E-state index contributed by atoms with van der Waals surface area (Å²) in [5, 5.41) is 9.47. The minimum absolute atomic E-state index is 0.0226. The predicted octanol–water partition coefficient (Wildman–Crippen LogP) is 1.78. The average Bonchev–Trinajstić information content (AvgIpc) is 2.46. The third-order valence-electron chi connectivity index (χ3n) is 2.76. The van der Waals surface area contributed by atoms with Crippen molar-refractivity contribution in [3.63, 3.8) is 0 Å². The number of rotatable bonds is 3. The number of aliphatic hydroxyl groups is 1. The summed E-state index contributed by atoms with van der Waals surface area (Å²) in [6, 6.07) is -0.0858. The van der Waals surface area contributed by atoms with Gasteiger partial charge in [-0.2, -0.15) is 13.2 Å². The van der Waals surface area contributed by atoms with Crippen LogP contribution in [0.1, 0.15) is 25.7 Å². The van der Waals surface area contributed by atoms with E-state index in [1.54, 1.807) is 11.9 Å². The molecule has 0 aromatic heterocycles. The third kappa shape index (κ3) is 3.46. The Labute approximate surface area is 81.7 Å². The highest BCUT2D eigenvalue weighted by molar-refractivity contribution is 4.83. The van der Waals surface area contributed by atoms with E-state index in [0.29, 0.717) is 6.42 Å². The molecular formula is C9H16F3NO. The number of aliphatic hydroxyl groups excluding tert-OH is 1. The van der Waals surface area contributed by atoms with Crippen LogP contribution in [0.15, 0.2) is 0 Å². The van der Waals surface area contributed by atoms with Crippen molar-refractivity contribution in [1.29, 1.82) is 0 Å². The van der Waals surface area contributed by atoms with Crippen LogP contribution < -0.4 is 0 Å². The molecule has 1 aliphatic rings. The lowest BCUT2D eigenvalue weighted by Gasteiger charge is -2.27. The molecule has 0 amide bonds. The van der Waals surface area contributed by atoms with E-state index < -0.39 is 18.7 Å². The van der Waals surface area contributed by atoms with Crippen LogP contribution in [0.25, 0.3) is 0 Å². The van der Waals surface area contributed by atoms with E-state index in [0.717, 1.165) is 12.8 Å². The van der Waals surface area contributed by atoms with Gasteiger partial charge in [0.2, 0.25) is 0 Å². The molecule has 1 aliphatic carbocycles. The van der Waals surface area contributed by atoms with E-state index in [1.807, 2.05) is 0 Å². The summed E-state index contributed by atoms with van der Waals surface area (Å²) in [7, 11) is 1.64. The molecule has 2 nitrogen and oxygen atoms in total. The van der Waals surface area contributed by atoms with Gasteiger partial charge in [0.1, 0.15) is 0 Å². The molecule has 0 heterocycles. The minimum Gasteiger partial charge on any atom is -0.391 e. The third-order valence-corrected chi connectivity index (χ3v) is 2.76. The topological polar surface area (TPSA) is 23.5 Å². The van der Waals surface area contributed by atoms with Crippen molar-refractivity contribution in [2.45, 2.75) is 44.0 Å². The van der Waals surface area contributed by atoms with Crippen molar-refractivity contribution < 1.29 is 18.3 Å². The summed E-state index contributed by atoms with van der Waals surface area (Å²) in [5.41, 5.74) is 0. The molecule has 1 rings (SSSR count). The number of nitrogens with zero attached hydrogens (tertiary/aromatic N) is 1. The first-order valence-electron chi connectivity index (χ1n) is 4.85. The van der Waals surface area contributed by atoms with Crippen LogP contribution >= 0.6 is 0 Å². The van der Waals surface area contributed by atoms with Crippen LogP contribution in [0.5, 0.6) is 0 Å². The van der Waals surface area contributed by atoms with E-state index in [1.165, 1.54) is 0 Å². The van der Waals surface area contributed by atoms with Gasteiger partial charge in [-0.3, -0.25) is 0 Å². The van der Waals surface area contributed by atoms with Crippen molar-refractivity contribution in [2.75, 3.05) is 13.6 Å². The molecule has 2 unspecified atom stereocenters. The zero-order chi connectivity index (χ0) is 10.8. The molecule has 0 bridgehead atoms. The largest absolute Gasteiger partial charge is 0.391 e. The normalized spacial score (nSPS) is 28.7. The molecule has 0 aromatic rings. The summed E-state index contributed by atoms with van der Waals surface area (Å²) in [5.74, 6) is 0. The molecular weight excluding hydrogens is 195 g/mol. The number of halogens is 3. The standard InChI is InChI=1S/C9H16F3NO/c1-13(6-5-9(10,11)12)7-3-2-4-8(7)14/h7-8,14H,2-6H2,1H3. The van der Waals surface area contributed by atoms with Gasteiger partial charge in [0.05, 0.1) is 12.5 Å². The summed E-state index contributed by atoms with van der Waals surface area (Å²) < 4.78 is 35.7. The monoisotopic (exact) mass is 211 g/mol. The quantitative estimate of drug-likeness (QED) is 0.769. The van der Waals surface area contributed by atoms with Gasteiger partial charge in [-0.25, -0.2) is 0 Å². The lowest BCUT2D eigenvalue weighted by molar-refractivity contribution is -0.139. The smallest absolute Gasteiger partial charge is 0.390 e. The van der Waals surface area contributed by atoms with E-state index in [4.69, 9.17) is 0 Å². The molecule has 14 heavy (non-hydrogen) atoms. The van der Waals surface area contributed by atoms with Gasteiger partial charge < -0.3 is 10.0 Å². The zero-order valence-electron chi connectivity index (χ0n) is 8.22. The van der Waals surface area contributed by atoms with Gasteiger partial charge >= 0.3 is 6.18 Å². The molecule has 1 N–H and O–H groups in total. The van der Waals surface area contributed by atoms with Gasteiger partial charge in [-0.1, -0.05) is 0 Å². The molecule has 0 spiro atoms. The van der Waals surface area contributed by atoms with Crippen LogP contribution in [0.4, 0.5) is 13.2 Å². The summed E-state index contributed by atoms with van der Waals surface area (Å²) in [6.07, 6.45) is -2.93. The Balaban J connectivity index is 2.31. The van der Waals surface area contributed by atoms with Gasteiger partial charge in [-0.05, 0) is 26.3 Å². The molecule has 1 saturated carbocycles. The highest BCUT2D eigenvalue weighted by Gasteiger charge is 2.32. The fourth-order valence-electron chi connectivity index (χ4n) is 1.90. The van der Waals surface area contributed by atoms with Crippen molar-refractivity contribution in [3.8, 4) is 0 Å². The second-order valence-corrected chi connectivity index (χ2v) is 3.91. The van der Waals surface area contributed by atoms with Gasteiger partial charge in [0, 0.05) is 12.6 Å². The number of alkyl halides is 3. The number of hydrogen-bond donors (Lipinski definition) is 1. The Morgan fingerprint density at radius 3 is 2.43 bits per heavy atom. The van der Waals surface area contributed by atoms with Crippen LogP contribution in [0, 0.1) is 0 Å². The van der Waals surface area contributed by atoms with Crippen molar-refractivity contribution in [2.24, 2.45) is 0 Å². The SMILES string of the molecule is CN(CCC(F)(F)F)C1CCCC1O. The van der Waals surface area contributed by atoms with Crippen LogP contribution in [0.2, 0.25) is 0 Å². The fourth-order valence-corrected chi connectivity index (χ4v) is 1.90. The highest BCUT2D eigenvalue weighted by atomic mass is 19.4. The summed E-state index contributed by atoms with van der Waals surface area (Å²) in [6.45, 7) is -0.0226. The Kier molecular flexibility index (Phi) is 3.78. The Hall–Kier alpha value is -0.290.